The van der Waals surface area contributed by atoms with Crippen LogP contribution in [0.3, 0.4) is 0 Å². The van der Waals surface area contributed by atoms with E-state index in [1.54, 1.807) is 7.11 Å². The lowest BCUT2D eigenvalue weighted by atomic mass is 10.0. The third kappa shape index (κ3) is 5.32. The summed E-state index contributed by atoms with van der Waals surface area (Å²) in [4.78, 5) is 0. The summed E-state index contributed by atoms with van der Waals surface area (Å²) in [5, 5.41) is 9.95. The van der Waals surface area contributed by atoms with Crippen molar-refractivity contribution in [1.82, 2.24) is 0 Å². The van der Waals surface area contributed by atoms with E-state index in [2.05, 4.69) is 22.2 Å². The van der Waals surface area contributed by atoms with Gasteiger partial charge >= 0.3 is 0 Å². The van der Waals surface area contributed by atoms with Crippen molar-refractivity contribution in [2.75, 3.05) is 19.1 Å². The molecule has 0 fully saturated rings. The molecule has 0 aliphatic rings. The van der Waals surface area contributed by atoms with Gasteiger partial charge in [-0.3, -0.25) is 0 Å². The lowest BCUT2D eigenvalue weighted by Crippen LogP contribution is -2.11. The molecule has 1 N–H and O–H groups in total. The molecule has 0 radical (unpaired) electrons. The first-order chi connectivity index (χ1) is 8.17. The quantitative estimate of drug-likeness (QED) is 0.780. The lowest BCUT2D eigenvalue weighted by molar-refractivity contribution is 0.164. The molecule has 4 heteroatoms. The highest BCUT2D eigenvalue weighted by Gasteiger charge is 2.09. The second-order valence-electron chi connectivity index (χ2n) is 3.95. The van der Waals surface area contributed by atoms with Crippen molar-refractivity contribution < 1.29 is 9.84 Å². The summed E-state index contributed by atoms with van der Waals surface area (Å²) in [6.45, 7) is 0. The van der Waals surface area contributed by atoms with Gasteiger partial charge in [0.15, 0.2) is 0 Å². The molecule has 0 spiro atoms. The fraction of sp³-hybridized carbons (Fsp3) is 0.538. The molecule has 0 heterocycles. The Balaban J connectivity index is 2.54. The van der Waals surface area contributed by atoms with Crippen LogP contribution in [0.1, 0.15) is 18.4 Å². The molecule has 0 aliphatic carbocycles. The van der Waals surface area contributed by atoms with Crippen LogP contribution in [-0.4, -0.2) is 30.3 Å². The molecular formula is C13H19BrO2S. The summed E-state index contributed by atoms with van der Waals surface area (Å²) >= 11 is 5.32. The average molecular weight is 319 g/mol. The number of rotatable bonds is 7. The van der Waals surface area contributed by atoms with Crippen molar-refractivity contribution in [2.45, 2.75) is 25.4 Å². The van der Waals surface area contributed by atoms with E-state index in [1.165, 1.54) is 0 Å². The van der Waals surface area contributed by atoms with Crippen LogP contribution in [-0.2, 0) is 6.42 Å². The van der Waals surface area contributed by atoms with E-state index in [9.17, 15) is 5.11 Å². The number of hydrogen-bond acceptors (Lipinski definition) is 3. The first-order valence-electron chi connectivity index (χ1n) is 5.66. The second-order valence-corrected chi connectivity index (χ2v) is 5.79. The van der Waals surface area contributed by atoms with E-state index in [4.69, 9.17) is 4.74 Å². The van der Waals surface area contributed by atoms with Gasteiger partial charge in [-0.15, -0.1) is 0 Å². The minimum absolute atomic E-state index is 0.273. The maximum atomic E-state index is 9.95. The van der Waals surface area contributed by atoms with Crippen molar-refractivity contribution in [3.63, 3.8) is 0 Å². The standard InChI is InChI=1S/C13H19BrO2S/c1-16-12-5-6-13(14)10(9-12)8-11(15)4-3-7-17-2/h5-6,9,11,15H,3-4,7-8H2,1-2H3. The van der Waals surface area contributed by atoms with Crippen LogP contribution in [0, 0.1) is 0 Å². The number of halogens is 1. The zero-order chi connectivity index (χ0) is 12.7. The van der Waals surface area contributed by atoms with Crippen molar-refractivity contribution in [3.8, 4) is 5.75 Å². The second kappa shape index (κ2) is 8.01. The van der Waals surface area contributed by atoms with Crippen molar-refractivity contribution in [3.05, 3.63) is 28.2 Å². The van der Waals surface area contributed by atoms with Crippen molar-refractivity contribution in [1.29, 1.82) is 0 Å². The monoisotopic (exact) mass is 318 g/mol. The predicted octanol–water partition coefficient (Wildman–Crippen LogP) is 3.50. The summed E-state index contributed by atoms with van der Waals surface area (Å²) in [5.74, 6) is 1.94. The highest BCUT2D eigenvalue weighted by atomic mass is 79.9. The van der Waals surface area contributed by atoms with Crippen LogP contribution in [0.4, 0.5) is 0 Å². The molecule has 0 aliphatic heterocycles. The zero-order valence-electron chi connectivity index (χ0n) is 10.3. The Labute approximate surface area is 116 Å². The van der Waals surface area contributed by atoms with Crippen molar-refractivity contribution in [2.24, 2.45) is 0 Å². The van der Waals surface area contributed by atoms with Gasteiger partial charge in [-0.05, 0) is 55.0 Å². The normalized spacial score (nSPS) is 12.5. The number of aliphatic hydroxyl groups excluding tert-OH is 1. The van der Waals surface area contributed by atoms with Crippen LogP contribution in [0.15, 0.2) is 22.7 Å². The van der Waals surface area contributed by atoms with Gasteiger partial charge < -0.3 is 9.84 Å². The van der Waals surface area contributed by atoms with Gasteiger partial charge in [-0.1, -0.05) is 15.9 Å². The molecule has 1 aromatic carbocycles. The van der Waals surface area contributed by atoms with Crippen LogP contribution in [0.25, 0.3) is 0 Å². The maximum Gasteiger partial charge on any atom is 0.119 e. The number of methoxy groups -OCH3 is 1. The summed E-state index contributed by atoms with van der Waals surface area (Å²) < 4.78 is 6.21. The first kappa shape index (κ1) is 14.9. The molecule has 0 saturated heterocycles. The molecule has 17 heavy (non-hydrogen) atoms. The van der Waals surface area contributed by atoms with E-state index in [0.717, 1.165) is 34.4 Å². The highest BCUT2D eigenvalue weighted by molar-refractivity contribution is 9.10. The molecule has 0 bridgehead atoms. The molecule has 1 aromatic rings. The molecular weight excluding hydrogens is 300 g/mol. The Kier molecular flexibility index (Phi) is 7.00. The minimum Gasteiger partial charge on any atom is -0.497 e. The fourth-order valence-corrected chi connectivity index (χ4v) is 2.52. The van der Waals surface area contributed by atoms with Gasteiger partial charge in [0, 0.05) is 4.47 Å². The van der Waals surface area contributed by atoms with Crippen LogP contribution >= 0.6 is 27.7 Å². The number of benzene rings is 1. The highest BCUT2D eigenvalue weighted by Crippen LogP contribution is 2.24. The molecule has 96 valence electrons. The summed E-state index contributed by atoms with van der Waals surface area (Å²) in [6, 6.07) is 5.85. The third-order valence-corrected chi connectivity index (χ3v) is 4.06. The number of aliphatic hydroxyl groups is 1. The average Bonchev–Trinajstić information content (AvgIpc) is 2.32. The molecule has 0 saturated carbocycles. The molecule has 1 unspecified atom stereocenters. The third-order valence-electron chi connectivity index (χ3n) is 2.59. The molecule has 0 aromatic heterocycles. The molecule has 1 atom stereocenters. The SMILES string of the molecule is COc1ccc(Br)c(CC(O)CCCSC)c1. The van der Waals surface area contributed by atoms with Crippen molar-refractivity contribution >= 4 is 27.7 Å². The number of thioether (sulfide) groups is 1. The smallest absolute Gasteiger partial charge is 0.119 e. The lowest BCUT2D eigenvalue weighted by Gasteiger charge is -2.12. The van der Waals surface area contributed by atoms with Crippen LogP contribution in [0.2, 0.25) is 0 Å². The Morgan fingerprint density at radius 3 is 2.88 bits per heavy atom. The van der Waals surface area contributed by atoms with Gasteiger partial charge in [-0.25, -0.2) is 0 Å². The van der Waals surface area contributed by atoms with Gasteiger partial charge in [-0.2, -0.15) is 11.8 Å². The van der Waals surface area contributed by atoms with E-state index >= 15 is 0 Å². The Morgan fingerprint density at radius 1 is 1.47 bits per heavy atom. The molecule has 2 nitrogen and oxygen atoms in total. The van der Waals surface area contributed by atoms with Crippen LogP contribution < -0.4 is 4.74 Å². The largest absolute Gasteiger partial charge is 0.497 e. The maximum absolute atomic E-state index is 9.95. The van der Waals surface area contributed by atoms with Gasteiger partial charge in [0.25, 0.3) is 0 Å². The molecule has 0 amide bonds. The Hall–Kier alpha value is -0.190. The van der Waals surface area contributed by atoms with E-state index in [-0.39, 0.29) is 6.10 Å². The summed E-state index contributed by atoms with van der Waals surface area (Å²) in [5.41, 5.74) is 1.10. The van der Waals surface area contributed by atoms with Crippen LogP contribution in [0.5, 0.6) is 5.75 Å². The summed E-state index contributed by atoms with van der Waals surface area (Å²) in [6.07, 6.45) is 4.40. The fourth-order valence-electron chi connectivity index (χ4n) is 1.65. The minimum atomic E-state index is -0.273. The topological polar surface area (TPSA) is 29.5 Å². The van der Waals surface area contributed by atoms with E-state index in [0.29, 0.717) is 6.42 Å². The van der Waals surface area contributed by atoms with Gasteiger partial charge in [0.1, 0.15) is 5.75 Å². The first-order valence-corrected chi connectivity index (χ1v) is 7.85. The number of hydrogen-bond donors (Lipinski definition) is 1. The zero-order valence-corrected chi connectivity index (χ0v) is 12.7. The van der Waals surface area contributed by atoms with Gasteiger partial charge in [0.05, 0.1) is 13.2 Å². The molecule has 1 rings (SSSR count). The van der Waals surface area contributed by atoms with Gasteiger partial charge in [0.2, 0.25) is 0 Å². The Morgan fingerprint density at radius 2 is 2.24 bits per heavy atom. The Bertz CT molecular complexity index is 344. The predicted molar refractivity (Wildman–Crippen MR) is 78.0 cm³/mol. The van der Waals surface area contributed by atoms with E-state index < -0.39 is 0 Å². The summed E-state index contributed by atoms with van der Waals surface area (Å²) in [7, 11) is 1.65. The van der Waals surface area contributed by atoms with E-state index in [1.807, 2.05) is 30.0 Å². The number of ether oxygens (including phenoxy) is 1.